The molecule has 1 aromatic rings. The monoisotopic (exact) mass is 222 g/mol. The first-order valence-electron chi connectivity index (χ1n) is 4.72. The number of hydrogen-bond donors (Lipinski definition) is 3. The minimum Gasteiger partial charge on any atom is -0.348 e. The Kier molecular flexibility index (Phi) is 2.43. The highest BCUT2D eigenvalue weighted by Gasteiger charge is 2.34. The molecule has 4 amide bonds. The standard InChI is InChI=1S/C9H10N4O3/c1-4-6(11-3-10-4)2-5-7(14)12-9(16)13-8(5)15/h3,5H,2H2,1H3,(H,10,11)(H2,12,13,14,15,16). The summed E-state index contributed by atoms with van der Waals surface area (Å²) in [5.41, 5.74) is 1.45. The summed E-state index contributed by atoms with van der Waals surface area (Å²) in [4.78, 5) is 40.5. The number of rotatable bonds is 2. The van der Waals surface area contributed by atoms with E-state index in [1.807, 2.05) is 10.6 Å². The van der Waals surface area contributed by atoms with Crippen molar-refractivity contribution in [2.24, 2.45) is 5.92 Å². The Labute approximate surface area is 90.6 Å². The molecule has 7 heteroatoms. The number of barbiturate groups is 1. The SMILES string of the molecule is Cc1[nH]cnc1CC1C(=O)NC(=O)NC1=O. The van der Waals surface area contributed by atoms with Crippen molar-refractivity contribution in [1.29, 1.82) is 0 Å². The largest absolute Gasteiger partial charge is 0.348 e. The Morgan fingerprint density at radius 3 is 2.38 bits per heavy atom. The number of carbonyl (C=O) groups is 3. The number of aromatic nitrogens is 2. The van der Waals surface area contributed by atoms with E-state index >= 15 is 0 Å². The number of aryl methyl sites for hydroxylation is 1. The van der Waals surface area contributed by atoms with Crippen LogP contribution in [0.5, 0.6) is 0 Å². The van der Waals surface area contributed by atoms with E-state index in [1.54, 1.807) is 6.92 Å². The van der Waals surface area contributed by atoms with Crippen LogP contribution < -0.4 is 10.6 Å². The number of urea groups is 1. The second-order valence-electron chi connectivity index (χ2n) is 3.54. The van der Waals surface area contributed by atoms with Gasteiger partial charge in [-0.05, 0) is 6.92 Å². The Bertz CT molecular complexity index is 445. The van der Waals surface area contributed by atoms with E-state index in [0.717, 1.165) is 5.69 Å². The average Bonchev–Trinajstić information content (AvgIpc) is 2.57. The summed E-state index contributed by atoms with van der Waals surface area (Å²) < 4.78 is 0. The smallest absolute Gasteiger partial charge is 0.328 e. The van der Waals surface area contributed by atoms with Crippen LogP contribution >= 0.6 is 0 Å². The lowest BCUT2D eigenvalue weighted by Crippen LogP contribution is -2.56. The summed E-state index contributed by atoms with van der Waals surface area (Å²) in [6, 6.07) is -0.773. The lowest BCUT2D eigenvalue weighted by atomic mass is 9.99. The zero-order valence-electron chi connectivity index (χ0n) is 8.53. The maximum Gasteiger partial charge on any atom is 0.328 e. The normalized spacial score (nSPS) is 17.2. The molecule has 0 saturated carbocycles. The van der Waals surface area contributed by atoms with Crippen molar-refractivity contribution in [2.75, 3.05) is 0 Å². The Morgan fingerprint density at radius 2 is 1.88 bits per heavy atom. The van der Waals surface area contributed by atoms with Gasteiger partial charge in [-0.25, -0.2) is 9.78 Å². The van der Waals surface area contributed by atoms with Crippen molar-refractivity contribution in [3.05, 3.63) is 17.7 Å². The van der Waals surface area contributed by atoms with E-state index < -0.39 is 23.8 Å². The van der Waals surface area contributed by atoms with E-state index in [1.165, 1.54) is 6.33 Å². The second-order valence-corrected chi connectivity index (χ2v) is 3.54. The van der Waals surface area contributed by atoms with Gasteiger partial charge >= 0.3 is 6.03 Å². The number of amides is 4. The van der Waals surface area contributed by atoms with Gasteiger partial charge < -0.3 is 4.98 Å². The van der Waals surface area contributed by atoms with E-state index in [0.29, 0.717) is 5.69 Å². The van der Waals surface area contributed by atoms with Crippen LogP contribution in [0.3, 0.4) is 0 Å². The number of nitrogens with one attached hydrogen (secondary N) is 3. The highest BCUT2D eigenvalue weighted by molar-refractivity contribution is 6.16. The number of imide groups is 2. The molecule has 2 heterocycles. The molecule has 0 bridgehead atoms. The molecule has 1 aliphatic rings. The van der Waals surface area contributed by atoms with Gasteiger partial charge in [0.1, 0.15) is 5.92 Å². The third kappa shape index (κ3) is 1.79. The zero-order chi connectivity index (χ0) is 11.7. The predicted octanol–water partition coefficient (Wildman–Crippen LogP) is -0.757. The van der Waals surface area contributed by atoms with Gasteiger partial charge in [0.05, 0.1) is 12.0 Å². The topological polar surface area (TPSA) is 104 Å². The van der Waals surface area contributed by atoms with Gasteiger partial charge in [-0.1, -0.05) is 0 Å². The molecule has 0 unspecified atom stereocenters. The van der Waals surface area contributed by atoms with Crippen molar-refractivity contribution < 1.29 is 14.4 Å². The van der Waals surface area contributed by atoms with Crippen molar-refractivity contribution in [2.45, 2.75) is 13.3 Å². The number of hydrogen-bond acceptors (Lipinski definition) is 4. The Morgan fingerprint density at radius 1 is 1.25 bits per heavy atom. The molecule has 0 atom stereocenters. The molecule has 3 N–H and O–H groups in total. The van der Waals surface area contributed by atoms with E-state index in [9.17, 15) is 14.4 Å². The molecule has 2 rings (SSSR count). The van der Waals surface area contributed by atoms with Crippen molar-refractivity contribution in [1.82, 2.24) is 20.6 Å². The molecule has 7 nitrogen and oxygen atoms in total. The van der Waals surface area contributed by atoms with Gasteiger partial charge in [-0.3, -0.25) is 20.2 Å². The number of imidazole rings is 1. The first kappa shape index (κ1) is 10.3. The molecule has 1 aromatic heterocycles. The molecule has 16 heavy (non-hydrogen) atoms. The van der Waals surface area contributed by atoms with Crippen molar-refractivity contribution in [3.8, 4) is 0 Å². The summed E-state index contributed by atoms with van der Waals surface area (Å²) in [5.74, 6) is -2.08. The summed E-state index contributed by atoms with van der Waals surface area (Å²) >= 11 is 0. The molecular formula is C9H10N4O3. The zero-order valence-corrected chi connectivity index (χ0v) is 8.53. The van der Waals surface area contributed by atoms with Crippen LogP contribution in [-0.2, 0) is 16.0 Å². The lowest BCUT2D eigenvalue weighted by molar-refractivity contribution is -0.135. The van der Waals surface area contributed by atoms with Gasteiger partial charge in [-0.15, -0.1) is 0 Å². The first-order valence-corrected chi connectivity index (χ1v) is 4.72. The minimum atomic E-state index is -0.903. The maximum absolute atomic E-state index is 11.4. The fraction of sp³-hybridized carbons (Fsp3) is 0.333. The number of H-pyrrole nitrogens is 1. The van der Waals surface area contributed by atoms with Crippen LogP contribution in [0.4, 0.5) is 4.79 Å². The van der Waals surface area contributed by atoms with Gasteiger partial charge in [0.15, 0.2) is 0 Å². The molecule has 84 valence electrons. The average molecular weight is 222 g/mol. The van der Waals surface area contributed by atoms with Crippen LogP contribution in [0.2, 0.25) is 0 Å². The summed E-state index contributed by atoms with van der Waals surface area (Å²) in [6.07, 6.45) is 1.68. The molecule has 0 spiro atoms. The number of nitrogens with zero attached hydrogens (tertiary/aromatic N) is 1. The highest BCUT2D eigenvalue weighted by Crippen LogP contribution is 2.12. The van der Waals surface area contributed by atoms with Crippen LogP contribution in [0.1, 0.15) is 11.4 Å². The van der Waals surface area contributed by atoms with Gasteiger partial charge in [0.25, 0.3) is 0 Å². The highest BCUT2D eigenvalue weighted by atomic mass is 16.2. The van der Waals surface area contributed by atoms with Crippen molar-refractivity contribution in [3.63, 3.8) is 0 Å². The maximum atomic E-state index is 11.4. The Balaban J connectivity index is 2.15. The van der Waals surface area contributed by atoms with E-state index in [2.05, 4.69) is 9.97 Å². The summed E-state index contributed by atoms with van der Waals surface area (Å²) in [5, 5.41) is 4.09. The molecule has 0 aliphatic carbocycles. The molecule has 1 saturated heterocycles. The number of aromatic amines is 1. The third-order valence-corrected chi connectivity index (χ3v) is 2.44. The molecule has 0 aromatic carbocycles. The number of carbonyl (C=O) groups excluding carboxylic acids is 3. The van der Waals surface area contributed by atoms with Crippen LogP contribution in [0, 0.1) is 12.8 Å². The van der Waals surface area contributed by atoms with Crippen molar-refractivity contribution >= 4 is 17.8 Å². The van der Waals surface area contributed by atoms with E-state index in [-0.39, 0.29) is 6.42 Å². The minimum absolute atomic E-state index is 0.181. The summed E-state index contributed by atoms with van der Waals surface area (Å²) in [6.45, 7) is 1.80. The fourth-order valence-electron chi connectivity index (χ4n) is 1.52. The first-order chi connectivity index (χ1) is 7.58. The molecule has 1 fully saturated rings. The fourth-order valence-corrected chi connectivity index (χ4v) is 1.52. The van der Waals surface area contributed by atoms with Gasteiger partial charge in [0.2, 0.25) is 11.8 Å². The summed E-state index contributed by atoms with van der Waals surface area (Å²) in [7, 11) is 0. The molecule has 1 aliphatic heterocycles. The predicted molar refractivity (Wildman–Crippen MR) is 52.2 cm³/mol. The van der Waals surface area contributed by atoms with Crippen LogP contribution in [-0.4, -0.2) is 27.8 Å². The van der Waals surface area contributed by atoms with E-state index in [4.69, 9.17) is 0 Å². The van der Waals surface area contributed by atoms with Crippen LogP contribution in [0.25, 0.3) is 0 Å². The lowest BCUT2D eigenvalue weighted by Gasteiger charge is -2.19. The second kappa shape index (κ2) is 3.76. The third-order valence-electron chi connectivity index (χ3n) is 2.44. The quantitative estimate of drug-likeness (QED) is 0.572. The van der Waals surface area contributed by atoms with Gasteiger partial charge in [-0.2, -0.15) is 0 Å². The Hall–Kier alpha value is -2.18. The van der Waals surface area contributed by atoms with Crippen LogP contribution in [0.15, 0.2) is 6.33 Å². The van der Waals surface area contributed by atoms with Gasteiger partial charge in [0, 0.05) is 12.1 Å². The molecule has 0 radical (unpaired) electrons. The molecular weight excluding hydrogens is 212 g/mol.